The molecule has 0 bridgehead atoms. The Kier molecular flexibility index (Phi) is 5.64. The lowest BCUT2D eigenvalue weighted by molar-refractivity contribution is -0.123. The van der Waals surface area contributed by atoms with E-state index >= 15 is 0 Å². The first-order valence-corrected chi connectivity index (χ1v) is 5.88. The fourth-order valence-electron chi connectivity index (χ4n) is 1.77. The van der Waals surface area contributed by atoms with Crippen molar-refractivity contribution in [2.24, 2.45) is 11.7 Å². The number of nitrogens with two attached hydrogens (primary N) is 1. The number of hydrogen-bond donors (Lipinski definition) is 2. The smallest absolute Gasteiger partial charge is 0.318 e. The number of carbonyl (C=O) groups is 2. The molecule has 0 aliphatic rings. The van der Waals surface area contributed by atoms with E-state index < -0.39 is 6.03 Å². The van der Waals surface area contributed by atoms with Gasteiger partial charge in [0, 0.05) is 5.92 Å². The molecule has 3 N–H and O–H groups in total. The van der Waals surface area contributed by atoms with E-state index in [1.807, 2.05) is 30.3 Å². The van der Waals surface area contributed by atoms with Crippen molar-refractivity contribution in [2.45, 2.75) is 19.3 Å². The van der Waals surface area contributed by atoms with Gasteiger partial charge in [0.25, 0.3) is 0 Å². The molecule has 0 aliphatic carbocycles. The van der Waals surface area contributed by atoms with Crippen LogP contribution < -0.4 is 11.1 Å². The van der Waals surface area contributed by atoms with Crippen molar-refractivity contribution in [3.05, 3.63) is 48.6 Å². The lowest BCUT2D eigenvalue weighted by atomic mass is 9.95. The van der Waals surface area contributed by atoms with Crippen LogP contribution in [0.5, 0.6) is 0 Å². The minimum Gasteiger partial charge on any atom is -0.351 e. The molecule has 0 fully saturated rings. The van der Waals surface area contributed by atoms with Crippen molar-refractivity contribution in [2.75, 3.05) is 0 Å². The molecule has 0 radical (unpaired) electrons. The van der Waals surface area contributed by atoms with Crippen LogP contribution in [0, 0.1) is 5.92 Å². The summed E-state index contributed by atoms with van der Waals surface area (Å²) in [5, 5.41) is 2.12. The second-order valence-corrected chi connectivity index (χ2v) is 4.10. The number of rotatable bonds is 6. The lowest BCUT2D eigenvalue weighted by Crippen LogP contribution is -2.39. The Labute approximate surface area is 107 Å². The van der Waals surface area contributed by atoms with Crippen molar-refractivity contribution in [1.29, 1.82) is 0 Å². The molecule has 1 atom stereocenters. The third-order valence-electron chi connectivity index (χ3n) is 2.69. The zero-order valence-electron chi connectivity index (χ0n) is 10.3. The molecule has 0 saturated carbocycles. The van der Waals surface area contributed by atoms with E-state index in [9.17, 15) is 9.59 Å². The summed E-state index contributed by atoms with van der Waals surface area (Å²) in [6.07, 6.45) is 3.66. The van der Waals surface area contributed by atoms with Gasteiger partial charge < -0.3 is 5.73 Å². The van der Waals surface area contributed by atoms with Gasteiger partial charge in [-0.25, -0.2) is 4.79 Å². The van der Waals surface area contributed by atoms with Crippen LogP contribution in [0.2, 0.25) is 0 Å². The molecule has 1 aromatic carbocycles. The Hall–Kier alpha value is -2.10. The number of benzene rings is 1. The van der Waals surface area contributed by atoms with Crippen molar-refractivity contribution in [1.82, 2.24) is 5.32 Å². The minimum absolute atomic E-state index is 0.268. The highest BCUT2D eigenvalue weighted by Crippen LogP contribution is 2.14. The average Bonchev–Trinajstić information content (AvgIpc) is 2.34. The van der Waals surface area contributed by atoms with Gasteiger partial charge in [0.05, 0.1) is 0 Å². The van der Waals surface area contributed by atoms with E-state index in [1.54, 1.807) is 6.08 Å². The number of hydrogen-bond acceptors (Lipinski definition) is 2. The van der Waals surface area contributed by atoms with Gasteiger partial charge in [-0.2, -0.15) is 0 Å². The topological polar surface area (TPSA) is 72.2 Å². The molecule has 0 aliphatic heterocycles. The van der Waals surface area contributed by atoms with Gasteiger partial charge in [-0.15, -0.1) is 6.58 Å². The molecule has 1 unspecified atom stereocenters. The minimum atomic E-state index is -0.811. The largest absolute Gasteiger partial charge is 0.351 e. The number of allylic oxidation sites excluding steroid dienone is 1. The number of primary amides is 1. The Morgan fingerprint density at radius 1 is 1.33 bits per heavy atom. The highest BCUT2D eigenvalue weighted by molar-refractivity contribution is 5.94. The predicted molar refractivity (Wildman–Crippen MR) is 70.8 cm³/mol. The summed E-state index contributed by atoms with van der Waals surface area (Å²) in [5.41, 5.74) is 6.10. The molecule has 0 heterocycles. The Balaban J connectivity index is 2.55. The fraction of sp³-hybridized carbons (Fsp3) is 0.286. The summed E-state index contributed by atoms with van der Waals surface area (Å²) in [6, 6.07) is 9.08. The van der Waals surface area contributed by atoms with E-state index in [-0.39, 0.29) is 11.8 Å². The predicted octanol–water partition coefficient (Wildman–Crippen LogP) is 2.01. The van der Waals surface area contributed by atoms with Crippen LogP contribution in [0.1, 0.15) is 18.4 Å². The SMILES string of the molecule is C=CCC(CCc1ccccc1)C(=O)NC(N)=O. The first-order chi connectivity index (χ1) is 8.63. The summed E-state index contributed by atoms with van der Waals surface area (Å²) in [5.74, 6) is -0.603. The quantitative estimate of drug-likeness (QED) is 0.753. The van der Waals surface area contributed by atoms with Gasteiger partial charge in [0.2, 0.25) is 5.91 Å². The second-order valence-electron chi connectivity index (χ2n) is 4.10. The Morgan fingerprint density at radius 3 is 2.56 bits per heavy atom. The van der Waals surface area contributed by atoms with Crippen LogP contribution in [-0.4, -0.2) is 11.9 Å². The number of imide groups is 1. The van der Waals surface area contributed by atoms with Gasteiger partial charge in [-0.1, -0.05) is 36.4 Å². The van der Waals surface area contributed by atoms with E-state index in [4.69, 9.17) is 5.73 Å². The van der Waals surface area contributed by atoms with E-state index in [1.165, 1.54) is 5.56 Å². The molecule has 0 aromatic heterocycles. The normalized spacial score (nSPS) is 11.6. The maximum atomic E-state index is 11.7. The van der Waals surface area contributed by atoms with E-state index in [0.717, 1.165) is 6.42 Å². The van der Waals surface area contributed by atoms with Gasteiger partial charge >= 0.3 is 6.03 Å². The maximum absolute atomic E-state index is 11.7. The van der Waals surface area contributed by atoms with Crippen LogP contribution in [0.25, 0.3) is 0 Å². The highest BCUT2D eigenvalue weighted by Gasteiger charge is 2.18. The van der Waals surface area contributed by atoms with E-state index in [2.05, 4.69) is 11.9 Å². The van der Waals surface area contributed by atoms with Crippen LogP contribution in [0.3, 0.4) is 0 Å². The monoisotopic (exact) mass is 246 g/mol. The highest BCUT2D eigenvalue weighted by atomic mass is 16.2. The molecule has 4 nitrogen and oxygen atoms in total. The van der Waals surface area contributed by atoms with Gasteiger partial charge in [0.1, 0.15) is 0 Å². The zero-order chi connectivity index (χ0) is 13.4. The van der Waals surface area contributed by atoms with Crippen molar-refractivity contribution in [3.8, 4) is 0 Å². The number of aryl methyl sites for hydroxylation is 1. The summed E-state index contributed by atoms with van der Waals surface area (Å²) < 4.78 is 0. The third kappa shape index (κ3) is 4.82. The summed E-state index contributed by atoms with van der Waals surface area (Å²) in [7, 11) is 0. The Morgan fingerprint density at radius 2 is 2.00 bits per heavy atom. The number of nitrogens with one attached hydrogen (secondary N) is 1. The number of urea groups is 1. The van der Waals surface area contributed by atoms with Crippen molar-refractivity contribution >= 4 is 11.9 Å². The molecule has 3 amide bonds. The van der Waals surface area contributed by atoms with Crippen molar-refractivity contribution < 1.29 is 9.59 Å². The molecular formula is C14H18N2O2. The third-order valence-corrected chi connectivity index (χ3v) is 2.69. The molecule has 0 saturated heterocycles. The Bertz CT molecular complexity index is 415. The van der Waals surface area contributed by atoms with Crippen LogP contribution in [-0.2, 0) is 11.2 Å². The number of carbonyl (C=O) groups excluding carboxylic acids is 2. The molecule has 1 aromatic rings. The molecule has 96 valence electrons. The summed E-state index contributed by atoms with van der Waals surface area (Å²) in [4.78, 5) is 22.4. The van der Waals surface area contributed by atoms with Gasteiger partial charge in [-0.05, 0) is 24.8 Å². The first kappa shape index (κ1) is 14.0. The van der Waals surface area contributed by atoms with Crippen LogP contribution in [0.15, 0.2) is 43.0 Å². The molecular weight excluding hydrogens is 228 g/mol. The molecule has 18 heavy (non-hydrogen) atoms. The van der Waals surface area contributed by atoms with Crippen LogP contribution >= 0.6 is 0 Å². The van der Waals surface area contributed by atoms with Gasteiger partial charge in [0.15, 0.2) is 0 Å². The average molecular weight is 246 g/mol. The van der Waals surface area contributed by atoms with Crippen molar-refractivity contribution in [3.63, 3.8) is 0 Å². The fourth-order valence-corrected chi connectivity index (χ4v) is 1.77. The van der Waals surface area contributed by atoms with Gasteiger partial charge in [-0.3, -0.25) is 10.1 Å². The lowest BCUT2D eigenvalue weighted by Gasteiger charge is -2.13. The number of amides is 3. The van der Waals surface area contributed by atoms with Crippen LogP contribution in [0.4, 0.5) is 4.79 Å². The molecule has 4 heteroatoms. The molecule has 0 spiro atoms. The second kappa shape index (κ2) is 7.27. The summed E-state index contributed by atoms with van der Waals surface area (Å²) in [6.45, 7) is 3.62. The first-order valence-electron chi connectivity index (χ1n) is 5.88. The maximum Gasteiger partial charge on any atom is 0.318 e. The zero-order valence-corrected chi connectivity index (χ0v) is 10.3. The van der Waals surface area contributed by atoms with E-state index in [0.29, 0.717) is 12.8 Å². The standard InChI is InChI=1S/C14H18N2O2/c1-2-6-12(13(17)16-14(15)18)10-9-11-7-4-3-5-8-11/h2-5,7-8,12H,1,6,9-10H2,(H3,15,16,17,18). The summed E-state index contributed by atoms with van der Waals surface area (Å²) >= 11 is 0. The molecule has 1 rings (SSSR count).